The van der Waals surface area contributed by atoms with Crippen molar-refractivity contribution in [3.63, 3.8) is 0 Å². The molecule has 1 aromatic heterocycles. The van der Waals surface area contributed by atoms with E-state index in [4.69, 9.17) is 4.98 Å². The normalized spacial score (nSPS) is 16.8. The van der Waals surface area contributed by atoms with Crippen LogP contribution in [0.25, 0.3) is 0 Å². The molecule has 1 aliphatic rings. The van der Waals surface area contributed by atoms with Crippen molar-refractivity contribution in [1.82, 2.24) is 14.9 Å². The van der Waals surface area contributed by atoms with Crippen LogP contribution in [0.15, 0.2) is 0 Å². The Hall–Kier alpha value is -0.830. The SMILES string of the molecule is CC(C)(C)Cn1c(C(C)(C)C)nc2c1CCNC2. The fraction of sp³-hybridized carbons (Fsp3) is 0.800. The van der Waals surface area contributed by atoms with Crippen molar-refractivity contribution in [2.75, 3.05) is 6.54 Å². The summed E-state index contributed by atoms with van der Waals surface area (Å²) >= 11 is 0. The van der Waals surface area contributed by atoms with E-state index in [0.29, 0.717) is 5.41 Å². The second-order valence-electron chi connectivity index (χ2n) is 7.65. The zero-order valence-electron chi connectivity index (χ0n) is 12.7. The third kappa shape index (κ3) is 2.77. The van der Waals surface area contributed by atoms with Gasteiger partial charge in [-0.25, -0.2) is 4.98 Å². The minimum atomic E-state index is 0.114. The molecule has 1 N–H and O–H groups in total. The maximum absolute atomic E-state index is 4.91. The van der Waals surface area contributed by atoms with Crippen LogP contribution in [0.1, 0.15) is 58.8 Å². The summed E-state index contributed by atoms with van der Waals surface area (Å²) in [4.78, 5) is 4.91. The first-order chi connectivity index (χ1) is 8.18. The van der Waals surface area contributed by atoms with Crippen molar-refractivity contribution in [1.29, 1.82) is 0 Å². The first-order valence-corrected chi connectivity index (χ1v) is 6.98. The summed E-state index contributed by atoms with van der Waals surface area (Å²) in [5.74, 6) is 1.24. The van der Waals surface area contributed by atoms with Gasteiger partial charge in [-0.15, -0.1) is 0 Å². The van der Waals surface area contributed by atoms with Gasteiger partial charge in [-0.2, -0.15) is 0 Å². The quantitative estimate of drug-likeness (QED) is 0.829. The first kappa shape index (κ1) is 13.6. The van der Waals surface area contributed by atoms with Crippen LogP contribution in [-0.4, -0.2) is 16.1 Å². The zero-order valence-corrected chi connectivity index (χ0v) is 12.7. The van der Waals surface area contributed by atoms with Gasteiger partial charge < -0.3 is 9.88 Å². The maximum atomic E-state index is 4.91. The van der Waals surface area contributed by atoms with Crippen molar-refractivity contribution in [2.24, 2.45) is 5.41 Å². The molecular weight excluding hydrogens is 222 g/mol. The molecule has 102 valence electrons. The highest BCUT2D eigenvalue weighted by molar-refractivity contribution is 5.23. The van der Waals surface area contributed by atoms with Crippen LogP contribution in [0, 0.1) is 5.41 Å². The molecule has 0 spiro atoms. The number of nitrogens with zero attached hydrogens (tertiary/aromatic N) is 2. The van der Waals surface area contributed by atoms with Gasteiger partial charge in [0.25, 0.3) is 0 Å². The molecule has 2 rings (SSSR count). The predicted molar refractivity (Wildman–Crippen MR) is 75.8 cm³/mol. The molecular formula is C15H27N3. The topological polar surface area (TPSA) is 29.9 Å². The lowest BCUT2D eigenvalue weighted by Crippen LogP contribution is -2.28. The summed E-state index contributed by atoms with van der Waals surface area (Å²) in [5, 5.41) is 3.42. The Morgan fingerprint density at radius 1 is 1.17 bits per heavy atom. The van der Waals surface area contributed by atoms with Crippen LogP contribution in [0.4, 0.5) is 0 Å². The van der Waals surface area contributed by atoms with E-state index in [2.05, 4.69) is 51.4 Å². The molecule has 18 heavy (non-hydrogen) atoms. The third-order valence-electron chi connectivity index (χ3n) is 3.29. The van der Waals surface area contributed by atoms with E-state index in [1.54, 1.807) is 0 Å². The summed E-state index contributed by atoms with van der Waals surface area (Å²) in [6.07, 6.45) is 1.11. The van der Waals surface area contributed by atoms with Gasteiger partial charge in [-0.3, -0.25) is 0 Å². The summed E-state index contributed by atoms with van der Waals surface area (Å²) in [5.41, 5.74) is 3.12. The molecule has 0 fully saturated rings. The Morgan fingerprint density at radius 2 is 1.83 bits per heavy atom. The Kier molecular flexibility index (Phi) is 3.30. The Labute approximate surface area is 111 Å². The van der Waals surface area contributed by atoms with Gasteiger partial charge in [-0.1, -0.05) is 41.5 Å². The molecule has 2 heterocycles. The highest BCUT2D eigenvalue weighted by Crippen LogP contribution is 2.29. The minimum Gasteiger partial charge on any atom is -0.331 e. The van der Waals surface area contributed by atoms with Gasteiger partial charge >= 0.3 is 0 Å². The number of hydrogen-bond donors (Lipinski definition) is 1. The highest BCUT2D eigenvalue weighted by atomic mass is 15.1. The molecule has 0 saturated carbocycles. The molecule has 3 nitrogen and oxygen atoms in total. The molecule has 0 radical (unpaired) electrons. The monoisotopic (exact) mass is 249 g/mol. The lowest BCUT2D eigenvalue weighted by atomic mass is 9.93. The molecule has 0 amide bonds. The summed E-state index contributed by atoms with van der Waals surface area (Å²) < 4.78 is 2.48. The molecule has 0 aromatic carbocycles. The molecule has 1 aliphatic heterocycles. The van der Waals surface area contributed by atoms with E-state index in [1.165, 1.54) is 17.2 Å². The number of rotatable bonds is 1. The lowest BCUT2D eigenvalue weighted by molar-refractivity contribution is 0.320. The van der Waals surface area contributed by atoms with Gasteiger partial charge in [0.1, 0.15) is 5.82 Å². The average molecular weight is 249 g/mol. The number of fused-ring (bicyclic) bond motifs is 1. The highest BCUT2D eigenvalue weighted by Gasteiger charge is 2.28. The predicted octanol–water partition coefficient (Wildman–Crippen LogP) is 2.87. The molecule has 0 unspecified atom stereocenters. The molecule has 0 aliphatic carbocycles. The fourth-order valence-corrected chi connectivity index (χ4v) is 2.59. The second-order valence-corrected chi connectivity index (χ2v) is 7.65. The van der Waals surface area contributed by atoms with E-state index in [9.17, 15) is 0 Å². The van der Waals surface area contributed by atoms with Crippen LogP contribution < -0.4 is 5.32 Å². The van der Waals surface area contributed by atoms with Crippen LogP contribution in [0.2, 0.25) is 0 Å². The first-order valence-electron chi connectivity index (χ1n) is 6.98. The largest absolute Gasteiger partial charge is 0.331 e. The van der Waals surface area contributed by atoms with Crippen molar-refractivity contribution >= 4 is 0 Å². The standard InChI is InChI=1S/C15H27N3/c1-14(2,3)10-18-12-7-8-16-9-11(12)17-13(18)15(4,5)6/h16H,7-10H2,1-6H3. The van der Waals surface area contributed by atoms with Crippen LogP contribution >= 0.6 is 0 Å². The zero-order chi connectivity index (χ0) is 13.6. The maximum Gasteiger partial charge on any atom is 0.114 e. The fourth-order valence-electron chi connectivity index (χ4n) is 2.59. The lowest BCUT2D eigenvalue weighted by Gasteiger charge is -2.27. The van der Waals surface area contributed by atoms with Crippen molar-refractivity contribution in [2.45, 2.75) is 66.5 Å². The van der Waals surface area contributed by atoms with E-state index < -0.39 is 0 Å². The molecule has 1 aromatic rings. The van der Waals surface area contributed by atoms with Gasteiger partial charge in [-0.05, 0) is 5.41 Å². The second kappa shape index (κ2) is 4.37. The number of imidazole rings is 1. The van der Waals surface area contributed by atoms with Crippen LogP contribution in [0.5, 0.6) is 0 Å². The Balaban J connectivity index is 2.49. The van der Waals surface area contributed by atoms with Gasteiger partial charge in [0, 0.05) is 37.2 Å². The van der Waals surface area contributed by atoms with E-state index in [0.717, 1.165) is 26.1 Å². The number of aromatic nitrogens is 2. The number of nitrogens with one attached hydrogen (secondary N) is 1. The van der Waals surface area contributed by atoms with Gasteiger partial charge in [0.2, 0.25) is 0 Å². The van der Waals surface area contributed by atoms with E-state index in [-0.39, 0.29) is 5.41 Å². The third-order valence-corrected chi connectivity index (χ3v) is 3.29. The van der Waals surface area contributed by atoms with Gasteiger partial charge in [0.15, 0.2) is 0 Å². The molecule has 0 bridgehead atoms. The van der Waals surface area contributed by atoms with E-state index in [1.807, 2.05) is 0 Å². The van der Waals surface area contributed by atoms with E-state index >= 15 is 0 Å². The van der Waals surface area contributed by atoms with Crippen molar-refractivity contribution < 1.29 is 0 Å². The average Bonchev–Trinajstić information content (AvgIpc) is 2.55. The Morgan fingerprint density at radius 3 is 2.39 bits per heavy atom. The minimum absolute atomic E-state index is 0.114. The van der Waals surface area contributed by atoms with Crippen LogP contribution in [-0.2, 0) is 24.9 Å². The molecule has 0 saturated heterocycles. The van der Waals surface area contributed by atoms with Crippen LogP contribution in [0.3, 0.4) is 0 Å². The Bertz CT molecular complexity index is 430. The smallest absolute Gasteiger partial charge is 0.114 e. The molecule has 3 heteroatoms. The number of hydrogen-bond acceptors (Lipinski definition) is 2. The summed E-state index contributed by atoms with van der Waals surface area (Å²) in [6.45, 7) is 16.7. The van der Waals surface area contributed by atoms with Crippen molar-refractivity contribution in [3.05, 3.63) is 17.2 Å². The molecule has 0 atom stereocenters. The van der Waals surface area contributed by atoms with Gasteiger partial charge in [0.05, 0.1) is 5.69 Å². The summed E-state index contributed by atoms with van der Waals surface area (Å²) in [6, 6.07) is 0. The van der Waals surface area contributed by atoms with Crippen molar-refractivity contribution in [3.8, 4) is 0 Å². The summed E-state index contributed by atoms with van der Waals surface area (Å²) in [7, 11) is 0.